The molecule has 0 fully saturated rings. The molecule has 0 atom stereocenters. The molecular weight excluding hydrogens is 414 g/mol. The van der Waals surface area contributed by atoms with Gasteiger partial charge in [-0.05, 0) is 34.6 Å². The van der Waals surface area contributed by atoms with Crippen LogP contribution in [0.2, 0.25) is 5.02 Å². The minimum atomic E-state index is -1.28. The lowest BCUT2D eigenvalue weighted by atomic mass is 10.1. The largest absolute Gasteiger partial charge is 0.476 e. The molecule has 0 saturated carbocycles. The Balaban J connectivity index is 1.89. The third kappa shape index (κ3) is 4.88. The second-order valence-corrected chi connectivity index (χ2v) is 8.64. The van der Waals surface area contributed by atoms with Crippen molar-refractivity contribution in [1.82, 2.24) is 24.4 Å². The number of fused-ring (bicyclic) bond motifs is 1. The molecule has 1 N–H and O–H groups in total. The molecule has 30 heavy (non-hydrogen) atoms. The van der Waals surface area contributed by atoms with E-state index in [2.05, 4.69) is 15.3 Å². The highest BCUT2D eigenvalue weighted by molar-refractivity contribution is 6.30. The number of imidazole rings is 1. The fraction of sp³-hybridized carbons (Fsp3) is 0.421. The van der Waals surface area contributed by atoms with Crippen LogP contribution in [0.15, 0.2) is 24.7 Å². The number of hydrogen-bond acceptors (Lipinski definition) is 7. The number of nitrogens with zero attached hydrogens (tertiary/aromatic N) is 5. The Labute approximate surface area is 177 Å². The molecular formula is C19H22ClN5O5. The maximum atomic E-state index is 12.5. The second kappa shape index (κ2) is 7.60. The van der Waals surface area contributed by atoms with Gasteiger partial charge in [0.1, 0.15) is 5.60 Å². The van der Waals surface area contributed by atoms with Crippen LogP contribution in [0.4, 0.5) is 0 Å². The van der Waals surface area contributed by atoms with Crippen molar-refractivity contribution in [2.45, 2.75) is 52.4 Å². The predicted octanol–water partition coefficient (Wildman–Crippen LogP) is 2.82. The monoisotopic (exact) mass is 435 g/mol. The van der Waals surface area contributed by atoms with Crippen molar-refractivity contribution in [3.05, 3.63) is 41.1 Å². The molecule has 11 heteroatoms. The molecule has 10 nitrogen and oxygen atoms in total. The van der Waals surface area contributed by atoms with Gasteiger partial charge in [0, 0.05) is 18.5 Å². The van der Waals surface area contributed by atoms with E-state index >= 15 is 0 Å². The average molecular weight is 436 g/mol. The van der Waals surface area contributed by atoms with E-state index in [-0.39, 0.29) is 12.2 Å². The number of aromatic carboxylic acids is 1. The first-order valence-electron chi connectivity index (χ1n) is 9.07. The zero-order valence-corrected chi connectivity index (χ0v) is 18.0. The Hall–Kier alpha value is -3.14. The summed E-state index contributed by atoms with van der Waals surface area (Å²) in [5.74, 6) is -1.39. The Bertz CT molecular complexity index is 1110. The van der Waals surface area contributed by atoms with Gasteiger partial charge < -0.3 is 19.0 Å². The van der Waals surface area contributed by atoms with E-state index in [9.17, 15) is 9.59 Å². The lowest BCUT2D eigenvalue weighted by Crippen LogP contribution is -2.43. The summed E-state index contributed by atoms with van der Waals surface area (Å²) < 4.78 is 14.4. The Morgan fingerprint density at radius 1 is 1.17 bits per heavy atom. The van der Waals surface area contributed by atoms with E-state index in [1.807, 2.05) is 0 Å². The van der Waals surface area contributed by atoms with Crippen LogP contribution < -0.4 is 4.74 Å². The standard InChI is InChI=1S/C19H22ClN5O5/c1-18(2,3)30-17(28)19(4,5)29-14-6-11(20)7-24-8-12(21-15(14)24)9-25-10-13(16(26)27)22-23-25/h6-8,10H,9H2,1-5H3,(H,26,27). The summed E-state index contributed by atoms with van der Waals surface area (Å²) in [6, 6.07) is 1.57. The Kier molecular flexibility index (Phi) is 5.46. The molecule has 0 saturated heterocycles. The number of carboxylic acid groups (broad SMARTS) is 1. The summed E-state index contributed by atoms with van der Waals surface area (Å²) in [4.78, 5) is 28.0. The van der Waals surface area contributed by atoms with Crippen molar-refractivity contribution >= 4 is 29.2 Å². The van der Waals surface area contributed by atoms with Gasteiger partial charge in [-0.3, -0.25) is 0 Å². The predicted molar refractivity (Wildman–Crippen MR) is 107 cm³/mol. The summed E-state index contributed by atoms with van der Waals surface area (Å²) >= 11 is 6.21. The maximum absolute atomic E-state index is 12.5. The minimum Gasteiger partial charge on any atom is -0.476 e. The van der Waals surface area contributed by atoms with E-state index in [0.29, 0.717) is 22.1 Å². The molecule has 3 aromatic rings. The fourth-order valence-electron chi connectivity index (χ4n) is 2.59. The first kappa shape index (κ1) is 21.6. The molecule has 3 heterocycles. The van der Waals surface area contributed by atoms with Gasteiger partial charge in [-0.25, -0.2) is 19.3 Å². The first-order chi connectivity index (χ1) is 13.8. The van der Waals surface area contributed by atoms with Crippen LogP contribution in [0.1, 0.15) is 50.8 Å². The smallest absolute Gasteiger partial charge is 0.358 e. The number of carboxylic acids is 1. The lowest BCUT2D eigenvalue weighted by molar-refractivity contribution is -0.170. The molecule has 0 radical (unpaired) electrons. The van der Waals surface area contributed by atoms with Crippen molar-refractivity contribution in [3.63, 3.8) is 0 Å². The summed E-state index contributed by atoms with van der Waals surface area (Å²) in [7, 11) is 0. The summed E-state index contributed by atoms with van der Waals surface area (Å²) in [5, 5.41) is 16.7. The highest BCUT2D eigenvalue weighted by Gasteiger charge is 2.35. The van der Waals surface area contributed by atoms with E-state index in [4.69, 9.17) is 26.2 Å². The van der Waals surface area contributed by atoms with Gasteiger partial charge in [-0.1, -0.05) is 16.8 Å². The number of esters is 1. The van der Waals surface area contributed by atoms with Crippen molar-refractivity contribution in [1.29, 1.82) is 0 Å². The third-order valence-electron chi connectivity index (χ3n) is 3.87. The third-order valence-corrected chi connectivity index (χ3v) is 4.08. The Morgan fingerprint density at radius 3 is 2.47 bits per heavy atom. The van der Waals surface area contributed by atoms with Gasteiger partial charge in [0.25, 0.3) is 0 Å². The molecule has 0 aliphatic heterocycles. The number of pyridine rings is 1. The van der Waals surface area contributed by atoms with Crippen molar-refractivity contribution in [2.24, 2.45) is 0 Å². The highest BCUT2D eigenvalue weighted by atomic mass is 35.5. The average Bonchev–Trinajstić information content (AvgIpc) is 3.20. The summed E-state index contributed by atoms with van der Waals surface area (Å²) in [6.45, 7) is 8.73. The molecule has 0 spiro atoms. The summed E-state index contributed by atoms with van der Waals surface area (Å²) in [6.07, 6.45) is 4.66. The fourth-order valence-corrected chi connectivity index (χ4v) is 2.80. The molecule has 0 aliphatic carbocycles. The molecule has 0 bridgehead atoms. The SMILES string of the molecule is CC(C)(C)OC(=O)C(C)(C)Oc1cc(Cl)cn2cc(Cn3cc(C(=O)O)nn3)nc12. The van der Waals surface area contributed by atoms with Gasteiger partial charge in [0.15, 0.2) is 22.7 Å². The van der Waals surface area contributed by atoms with Crippen LogP contribution >= 0.6 is 11.6 Å². The zero-order chi connectivity index (χ0) is 22.3. The number of carbonyl (C=O) groups is 2. The Morgan fingerprint density at radius 2 is 1.87 bits per heavy atom. The zero-order valence-electron chi connectivity index (χ0n) is 17.2. The van der Waals surface area contributed by atoms with Gasteiger partial charge in [0.05, 0.1) is 23.5 Å². The topological polar surface area (TPSA) is 121 Å². The number of halogens is 1. The number of rotatable bonds is 6. The normalized spacial score (nSPS) is 12.2. The number of ether oxygens (including phenoxy) is 2. The lowest BCUT2D eigenvalue weighted by Gasteiger charge is -2.29. The highest BCUT2D eigenvalue weighted by Crippen LogP contribution is 2.29. The van der Waals surface area contributed by atoms with Crippen molar-refractivity contribution in [2.75, 3.05) is 0 Å². The van der Waals surface area contributed by atoms with E-state index in [0.717, 1.165) is 0 Å². The van der Waals surface area contributed by atoms with Crippen molar-refractivity contribution < 1.29 is 24.2 Å². The van der Waals surface area contributed by atoms with Crippen LogP contribution in [-0.4, -0.2) is 52.6 Å². The van der Waals surface area contributed by atoms with E-state index < -0.39 is 23.1 Å². The maximum Gasteiger partial charge on any atom is 0.358 e. The quantitative estimate of drug-likeness (QED) is 0.586. The molecule has 0 amide bonds. The van der Waals surface area contributed by atoms with Gasteiger partial charge in [-0.2, -0.15) is 0 Å². The molecule has 0 aliphatic rings. The molecule has 3 rings (SSSR count). The number of carbonyl (C=O) groups excluding carboxylic acids is 1. The van der Waals surface area contributed by atoms with Gasteiger partial charge in [-0.15, -0.1) is 5.10 Å². The molecule has 0 unspecified atom stereocenters. The van der Waals surface area contributed by atoms with E-state index in [1.54, 1.807) is 57.5 Å². The van der Waals surface area contributed by atoms with Crippen LogP contribution in [0, 0.1) is 0 Å². The van der Waals surface area contributed by atoms with Gasteiger partial charge >= 0.3 is 11.9 Å². The van der Waals surface area contributed by atoms with Crippen LogP contribution in [0.5, 0.6) is 5.75 Å². The number of aromatic nitrogens is 5. The molecule has 3 aromatic heterocycles. The van der Waals surface area contributed by atoms with Gasteiger partial charge in [0.2, 0.25) is 0 Å². The summed E-state index contributed by atoms with van der Waals surface area (Å²) in [5.41, 5.74) is -1.10. The van der Waals surface area contributed by atoms with Crippen molar-refractivity contribution in [3.8, 4) is 5.75 Å². The number of hydrogen-bond donors (Lipinski definition) is 1. The molecule has 160 valence electrons. The first-order valence-corrected chi connectivity index (χ1v) is 9.45. The minimum absolute atomic E-state index is 0.162. The van der Waals surface area contributed by atoms with Crippen LogP contribution in [0.3, 0.4) is 0 Å². The van der Waals surface area contributed by atoms with Crippen LogP contribution in [-0.2, 0) is 16.1 Å². The molecule has 0 aromatic carbocycles. The van der Waals surface area contributed by atoms with E-state index in [1.165, 1.54) is 10.9 Å². The second-order valence-electron chi connectivity index (χ2n) is 8.21. The van der Waals surface area contributed by atoms with Crippen LogP contribution in [0.25, 0.3) is 5.65 Å².